The van der Waals surface area contributed by atoms with Gasteiger partial charge in [0.15, 0.2) is 0 Å². The number of carbonyl (C=O) groups is 1. The van der Waals surface area contributed by atoms with Crippen LogP contribution in [0.3, 0.4) is 0 Å². The van der Waals surface area contributed by atoms with Crippen molar-refractivity contribution < 1.29 is 9.90 Å². The van der Waals surface area contributed by atoms with E-state index in [-0.39, 0.29) is 18.0 Å². The number of aliphatic carboxylic acids is 1. The summed E-state index contributed by atoms with van der Waals surface area (Å²) in [4.78, 5) is 21.8. The van der Waals surface area contributed by atoms with E-state index < -0.39 is 5.97 Å². The summed E-state index contributed by atoms with van der Waals surface area (Å²) in [6.45, 7) is 3.80. The normalized spacial score (nSPS) is 10.5. The largest absolute Gasteiger partial charge is 0.481 e. The van der Waals surface area contributed by atoms with Gasteiger partial charge in [-0.25, -0.2) is 0 Å². The predicted octanol–water partition coefficient (Wildman–Crippen LogP) is 1.06. The van der Waals surface area contributed by atoms with E-state index in [1.54, 1.807) is 16.8 Å². The maximum atomic E-state index is 11.4. The molecule has 0 atom stereocenters. The Labute approximate surface area is 81.8 Å². The lowest BCUT2D eigenvalue weighted by Crippen LogP contribution is -2.21. The zero-order valence-electron chi connectivity index (χ0n) is 8.23. The molecule has 0 spiro atoms. The molecule has 14 heavy (non-hydrogen) atoms. The first-order valence-electron chi connectivity index (χ1n) is 4.43. The molecule has 0 unspecified atom stereocenters. The quantitative estimate of drug-likeness (QED) is 0.784. The number of aromatic nitrogens is 1. The lowest BCUT2D eigenvalue weighted by molar-refractivity contribution is -0.136. The molecule has 0 aliphatic carbocycles. The van der Waals surface area contributed by atoms with Gasteiger partial charge in [-0.1, -0.05) is 0 Å². The van der Waals surface area contributed by atoms with Crippen molar-refractivity contribution in [1.82, 2.24) is 4.57 Å². The number of hydrogen-bond acceptors (Lipinski definition) is 2. The van der Waals surface area contributed by atoms with Crippen LogP contribution in [0.1, 0.15) is 25.5 Å². The molecule has 4 nitrogen and oxygen atoms in total. The van der Waals surface area contributed by atoms with Crippen LogP contribution >= 0.6 is 0 Å². The van der Waals surface area contributed by atoms with E-state index in [0.29, 0.717) is 5.56 Å². The van der Waals surface area contributed by atoms with Crippen molar-refractivity contribution in [2.45, 2.75) is 26.3 Å². The highest BCUT2D eigenvalue weighted by molar-refractivity contribution is 5.69. The summed E-state index contributed by atoms with van der Waals surface area (Å²) in [6, 6.07) is 3.13. The molecule has 1 heterocycles. The Morgan fingerprint density at radius 3 is 2.64 bits per heavy atom. The van der Waals surface area contributed by atoms with E-state index in [4.69, 9.17) is 5.11 Å². The first kappa shape index (κ1) is 10.5. The van der Waals surface area contributed by atoms with E-state index in [0.717, 1.165) is 0 Å². The number of nitrogens with zero attached hydrogens (tertiary/aromatic N) is 1. The second-order valence-electron chi connectivity index (χ2n) is 3.44. The zero-order chi connectivity index (χ0) is 10.7. The van der Waals surface area contributed by atoms with Crippen LogP contribution in [0.15, 0.2) is 23.1 Å². The molecule has 0 aromatic carbocycles. The number of carboxylic acid groups (broad SMARTS) is 1. The van der Waals surface area contributed by atoms with Crippen molar-refractivity contribution in [3.8, 4) is 0 Å². The van der Waals surface area contributed by atoms with E-state index in [2.05, 4.69) is 0 Å². The average molecular weight is 195 g/mol. The Balaban J connectivity index is 3.01. The fraction of sp³-hybridized carbons (Fsp3) is 0.400. The molecule has 1 rings (SSSR count). The molecule has 1 aromatic heterocycles. The lowest BCUT2D eigenvalue weighted by atomic mass is 10.2. The van der Waals surface area contributed by atoms with E-state index in [1.165, 1.54) is 6.07 Å². The topological polar surface area (TPSA) is 59.3 Å². The molecular formula is C10H13NO3. The third-order valence-corrected chi connectivity index (χ3v) is 1.92. The number of rotatable bonds is 3. The molecule has 0 radical (unpaired) electrons. The number of pyridine rings is 1. The summed E-state index contributed by atoms with van der Waals surface area (Å²) < 4.78 is 1.56. The van der Waals surface area contributed by atoms with Gasteiger partial charge in [-0.05, 0) is 25.5 Å². The Bertz CT molecular complexity index is 393. The molecule has 1 N–H and O–H groups in total. The molecule has 0 aliphatic rings. The van der Waals surface area contributed by atoms with Crippen molar-refractivity contribution in [2.75, 3.05) is 0 Å². The highest BCUT2D eigenvalue weighted by Crippen LogP contribution is 2.02. The Morgan fingerprint density at radius 1 is 1.57 bits per heavy atom. The molecule has 0 amide bonds. The minimum absolute atomic E-state index is 0.0985. The molecule has 0 aliphatic heterocycles. The van der Waals surface area contributed by atoms with Crippen LogP contribution in [0.25, 0.3) is 0 Å². The molecule has 4 heteroatoms. The van der Waals surface area contributed by atoms with Gasteiger partial charge in [0.2, 0.25) is 0 Å². The molecule has 0 bridgehead atoms. The van der Waals surface area contributed by atoms with Gasteiger partial charge in [0, 0.05) is 18.3 Å². The Kier molecular flexibility index (Phi) is 3.06. The van der Waals surface area contributed by atoms with Crippen molar-refractivity contribution in [3.63, 3.8) is 0 Å². The molecule has 0 saturated heterocycles. The SMILES string of the molecule is CC(C)n1ccc(CC(=O)O)cc1=O. The second-order valence-corrected chi connectivity index (χ2v) is 3.44. The van der Waals surface area contributed by atoms with Crippen LogP contribution in [0.4, 0.5) is 0 Å². The first-order chi connectivity index (χ1) is 6.50. The van der Waals surface area contributed by atoms with Gasteiger partial charge in [-0.15, -0.1) is 0 Å². The second kappa shape index (κ2) is 4.09. The van der Waals surface area contributed by atoms with Gasteiger partial charge in [-0.3, -0.25) is 9.59 Å². The Hall–Kier alpha value is -1.58. The number of hydrogen-bond donors (Lipinski definition) is 1. The number of carboxylic acids is 1. The van der Waals surface area contributed by atoms with Gasteiger partial charge in [0.1, 0.15) is 0 Å². The molecule has 1 aromatic rings. The van der Waals surface area contributed by atoms with Gasteiger partial charge >= 0.3 is 5.97 Å². The maximum absolute atomic E-state index is 11.4. The minimum Gasteiger partial charge on any atom is -0.481 e. The standard InChI is InChI=1S/C10H13NO3/c1-7(2)11-4-3-8(5-9(11)12)6-10(13)14/h3-5,7H,6H2,1-2H3,(H,13,14). The smallest absolute Gasteiger partial charge is 0.307 e. The van der Waals surface area contributed by atoms with Crippen LogP contribution in [-0.4, -0.2) is 15.6 Å². The van der Waals surface area contributed by atoms with Crippen LogP contribution in [-0.2, 0) is 11.2 Å². The van der Waals surface area contributed by atoms with Crippen LogP contribution < -0.4 is 5.56 Å². The fourth-order valence-corrected chi connectivity index (χ4v) is 1.24. The van der Waals surface area contributed by atoms with Crippen LogP contribution in [0, 0.1) is 0 Å². The molecule has 0 saturated carbocycles. The van der Waals surface area contributed by atoms with Crippen molar-refractivity contribution in [2.24, 2.45) is 0 Å². The van der Waals surface area contributed by atoms with Gasteiger partial charge in [-0.2, -0.15) is 0 Å². The summed E-state index contributed by atoms with van der Waals surface area (Å²) in [5.41, 5.74) is 0.387. The van der Waals surface area contributed by atoms with Gasteiger partial charge in [0.05, 0.1) is 6.42 Å². The van der Waals surface area contributed by atoms with E-state index in [1.807, 2.05) is 13.8 Å². The van der Waals surface area contributed by atoms with E-state index in [9.17, 15) is 9.59 Å². The zero-order valence-corrected chi connectivity index (χ0v) is 8.23. The summed E-state index contributed by atoms with van der Waals surface area (Å²) in [5.74, 6) is -0.924. The highest BCUT2D eigenvalue weighted by Gasteiger charge is 2.04. The van der Waals surface area contributed by atoms with E-state index >= 15 is 0 Å². The summed E-state index contributed by atoms with van der Waals surface area (Å²) in [6.07, 6.45) is 1.53. The Morgan fingerprint density at radius 2 is 2.21 bits per heavy atom. The summed E-state index contributed by atoms with van der Waals surface area (Å²) in [7, 11) is 0. The molecule has 76 valence electrons. The van der Waals surface area contributed by atoms with Crippen molar-refractivity contribution in [3.05, 3.63) is 34.2 Å². The van der Waals surface area contributed by atoms with Crippen molar-refractivity contribution >= 4 is 5.97 Å². The first-order valence-corrected chi connectivity index (χ1v) is 4.43. The highest BCUT2D eigenvalue weighted by atomic mass is 16.4. The third kappa shape index (κ3) is 2.45. The fourth-order valence-electron chi connectivity index (χ4n) is 1.24. The average Bonchev–Trinajstić information content (AvgIpc) is 2.01. The minimum atomic E-state index is -0.924. The van der Waals surface area contributed by atoms with Gasteiger partial charge in [0.25, 0.3) is 5.56 Å². The summed E-state index contributed by atoms with van der Waals surface area (Å²) in [5, 5.41) is 8.53. The van der Waals surface area contributed by atoms with Crippen molar-refractivity contribution in [1.29, 1.82) is 0 Å². The van der Waals surface area contributed by atoms with Crippen LogP contribution in [0.2, 0.25) is 0 Å². The monoisotopic (exact) mass is 195 g/mol. The lowest BCUT2D eigenvalue weighted by Gasteiger charge is -2.09. The maximum Gasteiger partial charge on any atom is 0.307 e. The predicted molar refractivity (Wildman–Crippen MR) is 52.4 cm³/mol. The summed E-state index contributed by atoms with van der Waals surface area (Å²) >= 11 is 0. The van der Waals surface area contributed by atoms with Crippen LogP contribution in [0.5, 0.6) is 0 Å². The van der Waals surface area contributed by atoms with Gasteiger partial charge < -0.3 is 9.67 Å². The molecular weight excluding hydrogens is 182 g/mol. The third-order valence-electron chi connectivity index (χ3n) is 1.92. The molecule has 0 fully saturated rings.